The molecule has 4 rings (SSSR count). The molecule has 1 aliphatic rings. The summed E-state index contributed by atoms with van der Waals surface area (Å²) < 4.78 is 45.5. The number of nitrogens with zero attached hydrogens (tertiary/aromatic N) is 5. The van der Waals surface area contributed by atoms with E-state index in [1.807, 2.05) is 6.07 Å². The zero-order chi connectivity index (χ0) is 24.3. The van der Waals surface area contributed by atoms with Gasteiger partial charge in [-0.15, -0.1) is 0 Å². The minimum absolute atomic E-state index is 0.0371. The molecule has 1 saturated carbocycles. The minimum atomic E-state index is -4.45. The van der Waals surface area contributed by atoms with Gasteiger partial charge in [0.1, 0.15) is 11.6 Å². The summed E-state index contributed by atoms with van der Waals surface area (Å²) in [6, 6.07) is 6.56. The first-order valence-corrected chi connectivity index (χ1v) is 11.1. The lowest BCUT2D eigenvalue weighted by Gasteiger charge is -2.25. The van der Waals surface area contributed by atoms with Crippen LogP contribution < -0.4 is 5.32 Å². The van der Waals surface area contributed by atoms with Crippen molar-refractivity contribution in [1.82, 2.24) is 19.5 Å². The number of carbonyl (C=O) groups is 1. The van der Waals surface area contributed by atoms with Crippen molar-refractivity contribution < 1.29 is 22.7 Å². The first kappa shape index (κ1) is 23.5. The number of imidazole rings is 1. The molecule has 0 unspecified atom stereocenters. The van der Waals surface area contributed by atoms with Crippen LogP contribution in [-0.2, 0) is 17.5 Å². The number of carbonyl (C=O) groups excluding carboxylic acids is 1. The number of anilines is 1. The highest BCUT2D eigenvalue weighted by atomic mass is 19.4. The van der Waals surface area contributed by atoms with Crippen LogP contribution in [0.4, 0.5) is 19.0 Å². The zero-order valence-electron chi connectivity index (χ0n) is 18.5. The van der Waals surface area contributed by atoms with E-state index >= 15 is 0 Å². The highest BCUT2D eigenvalue weighted by Crippen LogP contribution is 2.31. The second kappa shape index (κ2) is 9.67. The Morgan fingerprint density at radius 1 is 1.24 bits per heavy atom. The van der Waals surface area contributed by atoms with E-state index < -0.39 is 17.7 Å². The molecule has 8 nitrogen and oxygen atoms in total. The van der Waals surface area contributed by atoms with E-state index in [0.29, 0.717) is 29.4 Å². The quantitative estimate of drug-likeness (QED) is 0.480. The summed E-state index contributed by atoms with van der Waals surface area (Å²) in [6.45, 7) is 2.42. The van der Waals surface area contributed by atoms with E-state index in [4.69, 9.17) is 4.74 Å². The van der Waals surface area contributed by atoms with Crippen LogP contribution in [0.15, 0.2) is 24.3 Å². The molecule has 1 fully saturated rings. The number of rotatable bonds is 8. The number of hydrogen-bond acceptors (Lipinski definition) is 7. The monoisotopic (exact) mass is 472 g/mol. The summed E-state index contributed by atoms with van der Waals surface area (Å²) >= 11 is 0. The van der Waals surface area contributed by atoms with Gasteiger partial charge in [-0.25, -0.2) is 9.78 Å². The molecule has 11 heteroatoms. The van der Waals surface area contributed by atoms with Gasteiger partial charge < -0.3 is 14.6 Å². The lowest BCUT2D eigenvalue weighted by atomic mass is 9.83. The Kier molecular flexibility index (Phi) is 6.68. The predicted molar refractivity (Wildman–Crippen MR) is 117 cm³/mol. The van der Waals surface area contributed by atoms with Crippen LogP contribution in [0.5, 0.6) is 0 Å². The number of nitriles is 1. The topological polar surface area (TPSA) is 106 Å². The van der Waals surface area contributed by atoms with Gasteiger partial charge in [-0.1, -0.05) is 31.4 Å². The third kappa shape index (κ3) is 4.95. The average molecular weight is 472 g/mol. The number of hydrogen-bond donors (Lipinski definition) is 1. The van der Waals surface area contributed by atoms with Crippen molar-refractivity contribution >= 4 is 23.0 Å². The lowest BCUT2D eigenvalue weighted by Crippen LogP contribution is -2.17. The average Bonchev–Trinajstić information content (AvgIpc) is 3.13. The molecule has 34 heavy (non-hydrogen) atoms. The van der Waals surface area contributed by atoms with Crippen molar-refractivity contribution in [2.75, 3.05) is 18.5 Å². The molecule has 178 valence electrons. The SMILES string of the molecule is CCOC(=O)c1nc2nc(C#N)nc(NCCC3CCC3)c2n1Cc1ccc(C(F)(F)F)cc1. The van der Waals surface area contributed by atoms with Gasteiger partial charge in [-0.05, 0) is 37.0 Å². The molecule has 0 amide bonds. The number of esters is 1. The molecule has 0 spiro atoms. The highest BCUT2D eigenvalue weighted by molar-refractivity contribution is 5.93. The molecule has 0 saturated heterocycles. The molecule has 1 aromatic carbocycles. The van der Waals surface area contributed by atoms with E-state index in [9.17, 15) is 23.2 Å². The van der Waals surface area contributed by atoms with Crippen LogP contribution in [0.25, 0.3) is 11.2 Å². The van der Waals surface area contributed by atoms with Crippen molar-refractivity contribution in [2.24, 2.45) is 5.92 Å². The predicted octanol–water partition coefficient (Wildman–Crippen LogP) is 4.54. The normalized spacial score (nSPS) is 14.0. The Hall–Kier alpha value is -3.68. The largest absolute Gasteiger partial charge is 0.460 e. The van der Waals surface area contributed by atoms with Crippen LogP contribution in [-0.4, -0.2) is 38.6 Å². The van der Waals surface area contributed by atoms with Gasteiger partial charge in [0.2, 0.25) is 11.6 Å². The maximum atomic E-state index is 13.0. The van der Waals surface area contributed by atoms with Crippen molar-refractivity contribution in [1.29, 1.82) is 5.26 Å². The Morgan fingerprint density at radius 2 is 1.97 bits per heavy atom. The van der Waals surface area contributed by atoms with E-state index in [1.165, 1.54) is 36.0 Å². The lowest BCUT2D eigenvalue weighted by molar-refractivity contribution is -0.137. The van der Waals surface area contributed by atoms with Crippen molar-refractivity contribution in [3.63, 3.8) is 0 Å². The standard InChI is InChI=1S/C23H23F3N6O2/c1-2-34-22(33)21-31-20-18(32(21)13-15-6-8-16(9-7-15)23(24,25)26)19(29-17(12-27)30-20)28-11-10-14-4-3-5-14/h6-9,14H,2-5,10-11,13H2,1H3,(H,28,29,30). The van der Waals surface area contributed by atoms with Crippen molar-refractivity contribution in [2.45, 2.75) is 45.3 Å². The van der Waals surface area contributed by atoms with Gasteiger partial charge in [0.25, 0.3) is 0 Å². The molecule has 2 heterocycles. The maximum Gasteiger partial charge on any atom is 0.416 e. The third-order valence-corrected chi connectivity index (χ3v) is 5.85. The second-order valence-electron chi connectivity index (χ2n) is 8.13. The van der Waals surface area contributed by atoms with Gasteiger partial charge in [0, 0.05) is 6.54 Å². The van der Waals surface area contributed by atoms with Crippen LogP contribution in [0, 0.1) is 17.2 Å². The molecular weight excluding hydrogens is 449 g/mol. The van der Waals surface area contributed by atoms with Gasteiger partial charge in [-0.2, -0.15) is 28.4 Å². The molecule has 1 N–H and O–H groups in total. The Morgan fingerprint density at radius 3 is 2.56 bits per heavy atom. The van der Waals surface area contributed by atoms with E-state index in [-0.39, 0.29) is 30.4 Å². The molecule has 2 aromatic heterocycles. The number of aromatic nitrogens is 4. The molecular formula is C23H23F3N6O2. The summed E-state index contributed by atoms with van der Waals surface area (Å²) in [5.74, 6) is 0.117. The van der Waals surface area contributed by atoms with Crippen molar-refractivity contribution in [3.8, 4) is 6.07 Å². The number of benzene rings is 1. The first-order chi connectivity index (χ1) is 16.3. The summed E-state index contributed by atoms with van der Waals surface area (Å²) in [7, 11) is 0. The van der Waals surface area contributed by atoms with Crippen LogP contribution in [0.2, 0.25) is 0 Å². The van der Waals surface area contributed by atoms with Crippen LogP contribution in [0.3, 0.4) is 0 Å². The van der Waals surface area contributed by atoms with E-state index in [1.54, 1.807) is 6.92 Å². The van der Waals surface area contributed by atoms with Crippen LogP contribution in [0.1, 0.15) is 60.2 Å². The number of alkyl halides is 3. The fraction of sp³-hybridized carbons (Fsp3) is 0.435. The van der Waals surface area contributed by atoms with E-state index in [0.717, 1.165) is 18.6 Å². The Labute approximate surface area is 193 Å². The molecule has 0 aliphatic heterocycles. The van der Waals surface area contributed by atoms with Gasteiger partial charge in [0.05, 0.1) is 18.7 Å². The number of fused-ring (bicyclic) bond motifs is 1. The molecule has 0 atom stereocenters. The fourth-order valence-corrected chi connectivity index (χ4v) is 3.87. The van der Waals surface area contributed by atoms with Gasteiger partial charge >= 0.3 is 12.1 Å². The molecule has 0 radical (unpaired) electrons. The summed E-state index contributed by atoms with van der Waals surface area (Å²) in [5.41, 5.74) is 0.267. The van der Waals surface area contributed by atoms with Gasteiger partial charge in [-0.3, -0.25) is 0 Å². The summed E-state index contributed by atoms with van der Waals surface area (Å²) in [4.78, 5) is 25.3. The number of ether oxygens (including phenoxy) is 1. The minimum Gasteiger partial charge on any atom is -0.460 e. The Bertz CT molecular complexity index is 1230. The first-order valence-electron chi connectivity index (χ1n) is 11.1. The van der Waals surface area contributed by atoms with E-state index in [2.05, 4.69) is 20.3 Å². The summed E-state index contributed by atoms with van der Waals surface area (Å²) in [6.07, 6.45) is 0.0800. The summed E-state index contributed by atoms with van der Waals surface area (Å²) in [5, 5.41) is 12.6. The molecule has 0 bridgehead atoms. The Balaban J connectivity index is 1.75. The third-order valence-electron chi connectivity index (χ3n) is 5.85. The van der Waals surface area contributed by atoms with Crippen molar-refractivity contribution in [3.05, 3.63) is 47.0 Å². The fourth-order valence-electron chi connectivity index (χ4n) is 3.87. The molecule has 3 aromatic rings. The smallest absolute Gasteiger partial charge is 0.416 e. The van der Waals surface area contributed by atoms with Gasteiger partial charge in [0.15, 0.2) is 11.5 Å². The maximum absolute atomic E-state index is 13.0. The van der Waals surface area contributed by atoms with Crippen LogP contribution >= 0.6 is 0 Å². The number of nitrogens with one attached hydrogen (secondary N) is 1. The second-order valence-corrected chi connectivity index (χ2v) is 8.13. The highest BCUT2D eigenvalue weighted by Gasteiger charge is 2.30. The number of halogens is 3. The zero-order valence-corrected chi connectivity index (χ0v) is 18.5. The molecule has 1 aliphatic carbocycles.